The minimum Gasteiger partial charge on any atom is -0.383 e. The van der Waals surface area contributed by atoms with E-state index < -0.39 is 6.04 Å². The van der Waals surface area contributed by atoms with Gasteiger partial charge >= 0.3 is 0 Å². The highest BCUT2D eigenvalue weighted by molar-refractivity contribution is 5.81. The molecule has 0 aromatic heterocycles. The Morgan fingerprint density at radius 3 is 2.50 bits per heavy atom. The number of hydrogen-bond acceptors (Lipinski definition) is 3. The summed E-state index contributed by atoms with van der Waals surface area (Å²) in [6, 6.07) is -0.322. The Morgan fingerprint density at radius 2 is 2.06 bits per heavy atom. The van der Waals surface area contributed by atoms with Crippen LogP contribution in [0.3, 0.4) is 0 Å². The van der Waals surface area contributed by atoms with E-state index in [2.05, 4.69) is 26.1 Å². The molecule has 1 unspecified atom stereocenters. The molecule has 4 heteroatoms. The van der Waals surface area contributed by atoms with Gasteiger partial charge in [0.2, 0.25) is 5.91 Å². The molecule has 4 nitrogen and oxygen atoms in total. The number of amides is 1. The van der Waals surface area contributed by atoms with Gasteiger partial charge in [-0.25, -0.2) is 0 Å². The van der Waals surface area contributed by atoms with Crippen LogP contribution in [0.5, 0.6) is 0 Å². The number of methoxy groups -OCH3 is 1. The van der Waals surface area contributed by atoms with Crippen LogP contribution in [0.4, 0.5) is 0 Å². The fraction of sp³-hybridized carbons (Fsp3) is 0.917. The van der Waals surface area contributed by atoms with E-state index in [4.69, 9.17) is 10.5 Å². The Morgan fingerprint density at radius 1 is 1.44 bits per heavy atom. The topological polar surface area (TPSA) is 64.3 Å². The van der Waals surface area contributed by atoms with E-state index in [9.17, 15) is 4.79 Å². The first-order valence-electron chi connectivity index (χ1n) is 6.06. The molecule has 1 amide bonds. The molecule has 0 saturated carbocycles. The first-order valence-corrected chi connectivity index (χ1v) is 6.06. The molecule has 0 bridgehead atoms. The van der Waals surface area contributed by atoms with E-state index in [-0.39, 0.29) is 11.9 Å². The Kier molecular flexibility index (Phi) is 8.21. The van der Waals surface area contributed by atoms with E-state index in [1.165, 1.54) is 0 Å². The largest absolute Gasteiger partial charge is 0.383 e. The van der Waals surface area contributed by atoms with Gasteiger partial charge in [0.05, 0.1) is 18.7 Å². The summed E-state index contributed by atoms with van der Waals surface area (Å²) in [4.78, 5) is 11.7. The van der Waals surface area contributed by atoms with Crippen LogP contribution in [0.1, 0.15) is 40.0 Å². The van der Waals surface area contributed by atoms with E-state index in [0.29, 0.717) is 12.5 Å². The standard InChI is InChI=1S/C12H26N2O2/c1-5-6-10(8-16-4)14-12(15)11(13)7-9(2)3/h9-11H,5-8,13H2,1-4H3,(H,14,15)/t10?,11-/m1/s1. The lowest BCUT2D eigenvalue weighted by molar-refractivity contribution is -0.123. The molecular formula is C12H26N2O2. The van der Waals surface area contributed by atoms with Gasteiger partial charge in [-0.3, -0.25) is 4.79 Å². The van der Waals surface area contributed by atoms with Crippen LogP contribution in [0.15, 0.2) is 0 Å². The highest BCUT2D eigenvalue weighted by Gasteiger charge is 2.18. The second kappa shape index (κ2) is 8.53. The maximum absolute atomic E-state index is 11.7. The van der Waals surface area contributed by atoms with Crippen LogP contribution in [0.25, 0.3) is 0 Å². The summed E-state index contributed by atoms with van der Waals surface area (Å²) in [5.41, 5.74) is 5.81. The summed E-state index contributed by atoms with van der Waals surface area (Å²) >= 11 is 0. The van der Waals surface area contributed by atoms with Gasteiger partial charge in [-0.05, 0) is 18.8 Å². The highest BCUT2D eigenvalue weighted by Crippen LogP contribution is 2.04. The van der Waals surface area contributed by atoms with Gasteiger partial charge < -0.3 is 15.8 Å². The monoisotopic (exact) mass is 230 g/mol. The summed E-state index contributed by atoms with van der Waals surface area (Å²) in [5, 5.41) is 2.94. The summed E-state index contributed by atoms with van der Waals surface area (Å²) in [5.74, 6) is 0.372. The average molecular weight is 230 g/mol. The van der Waals surface area contributed by atoms with Crippen molar-refractivity contribution in [2.45, 2.75) is 52.1 Å². The Balaban J connectivity index is 4.06. The summed E-state index contributed by atoms with van der Waals surface area (Å²) in [7, 11) is 1.64. The molecule has 0 saturated heterocycles. The zero-order chi connectivity index (χ0) is 12.6. The predicted octanol–water partition coefficient (Wildman–Crippen LogP) is 1.29. The number of hydrogen-bond donors (Lipinski definition) is 2. The van der Waals surface area contributed by atoms with Crippen LogP contribution in [0.2, 0.25) is 0 Å². The molecule has 0 radical (unpaired) electrons. The van der Waals surface area contributed by atoms with E-state index in [0.717, 1.165) is 19.3 Å². The van der Waals surface area contributed by atoms with Crippen molar-refractivity contribution in [3.63, 3.8) is 0 Å². The van der Waals surface area contributed by atoms with Crippen LogP contribution >= 0.6 is 0 Å². The Labute approximate surface area is 98.9 Å². The SMILES string of the molecule is CCCC(COC)NC(=O)[C@H](N)CC(C)C. The second-order valence-electron chi connectivity index (χ2n) is 4.69. The van der Waals surface area contributed by atoms with Crippen molar-refractivity contribution < 1.29 is 9.53 Å². The van der Waals surface area contributed by atoms with Crippen LogP contribution in [-0.2, 0) is 9.53 Å². The second-order valence-corrected chi connectivity index (χ2v) is 4.69. The van der Waals surface area contributed by atoms with Gasteiger partial charge in [-0.1, -0.05) is 27.2 Å². The maximum Gasteiger partial charge on any atom is 0.237 e. The molecular weight excluding hydrogens is 204 g/mol. The van der Waals surface area contributed by atoms with Gasteiger partial charge in [0, 0.05) is 7.11 Å². The van der Waals surface area contributed by atoms with Crippen molar-refractivity contribution in [1.29, 1.82) is 0 Å². The number of ether oxygens (including phenoxy) is 1. The summed E-state index contributed by atoms with van der Waals surface area (Å²) in [6.07, 6.45) is 2.67. The average Bonchev–Trinajstić information content (AvgIpc) is 2.17. The zero-order valence-electron chi connectivity index (χ0n) is 11.0. The van der Waals surface area contributed by atoms with Crippen molar-refractivity contribution in [3.05, 3.63) is 0 Å². The quantitative estimate of drug-likeness (QED) is 0.660. The smallest absolute Gasteiger partial charge is 0.237 e. The third-order valence-corrected chi connectivity index (χ3v) is 2.41. The van der Waals surface area contributed by atoms with Crippen molar-refractivity contribution in [1.82, 2.24) is 5.32 Å². The fourth-order valence-corrected chi connectivity index (χ4v) is 1.67. The molecule has 0 aliphatic heterocycles. The first-order chi connectivity index (χ1) is 7.51. The molecule has 0 aliphatic carbocycles. The number of carbonyl (C=O) groups is 1. The molecule has 2 atom stereocenters. The number of carbonyl (C=O) groups excluding carboxylic acids is 1. The molecule has 0 heterocycles. The van der Waals surface area contributed by atoms with Crippen LogP contribution in [0, 0.1) is 5.92 Å². The number of nitrogens with one attached hydrogen (secondary N) is 1. The molecule has 16 heavy (non-hydrogen) atoms. The van der Waals surface area contributed by atoms with E-state index >= 15 is 0 Å². The van der Waals surface area contributed by atoms with Crippen LogP contribution < -0.4 is 11.1 Å². The molecule has 0 aromatic rings. The maximum atomic E-state index is 11.7. The molecule has 0 fully saturated rings. The van der Waals surface area contributed by atoms with Crippen molar-refractivity contribution in [2.75, 3.05) is 13.7 Å². The van der Waals surface area contributed by atoms with Gasteiger partial charge in [-0.15, -0.1) is 0 Å². The van der Waals surface area contributed by atoms with Crippen molar-refractivity contribution in [3.8, 4) is 0 Å². The molecule has 3 N–H and O–H groups in total. The van der Waals surface area contributed by atoms with Gasteiger partial charge in [0.25, 0.3) is 0 Å². The highest BCUT2D eigenvalue weighted by atomic mass is 16.5. The Bertz CT molecular complexity index is 189. The Hall–Kier alpha value is -0.610. The third kappa shape index (κ3) is 6.80. The minimum absolute atomic E-state index is 0.0656. The molecule has 0 spiro atoms. The van der Waals surface area contributed by atoms with E-state index in [1.54, 1.807) is 7.11 Å². The lowest BCUT2D eigenvalue weighted by Gasteiger charge is -2.20. The number of rotatable bonds is 8. The van der Waals surface area contributed by atoms with Gasteiger partial charge in [0.1, 0.15) is 0 Å². The minimum atomic E-state index is -0.406. The van der Waals surface area contributed by atoms with Gasteiger partial charge in [0.15, 0.2) is 0 Å². The molecule has 0 rings (SSSR count). The van der Waals surface area contributed by atoms with Crippen molar-refractivity contribution >= 4 is 5.91 Å². The predicted molar refractivity (Wildman–Crippen MR) is 66.1 cm³/mol. The fourth-order valence-electron chi connectivity index (χ4n) is 1.67. The summed E-state index contributed by atoms with van der Waals surface area (Å²) < 4.78 is 5.06. The van der Waals surface area contributed by atoms with E-state index in [1.807, 2.05) is 0 Å². The van der Waals surface area contributed by atoms with Crippen molar-refractivity contribution in [2.24, 2.45) is 11.7 Å². The number of nitrogens with two attached hydrogens (primary N) is 1. The molecule has 96 valence electrons. The normalized spacial score (nSPS) is 14.9. The molecule has 0 aromatic carbocycles. The third-order valence-electron chi connectivity index (χ3n) is 2.41. The summed E-state index contributed by atoms with van der Waals surface area (Å²) in [6.45, 7) is 6.76. The lowest BCUT2D eigenvalue weighted by atomic mass is 10.0. The van der Waals surface area contributed by atoms with Gasteiger partial charge in [-0.2, -0.15) is 0 Å². The van der Waals surface area contributed by atoms with Crippen LogP contribution in [-0.4, -0.2) is 31.7 Å². The molecule has 0 aliphatic rings. The zero-order valence-corrected chi connectivity index (χ0v) is 11.0. The lowest BCUT2D eigenvalue weighted by Crippen LogP contribution is -2.47. The first kappa shape index (κ1) is 15.4.